The van der Waals surface area contributed by atoms with Crippen molar-refractivity contribution in [2.45, 2.75) is 39.2 Å². The van der Waals surface area contributed by atoms with Crippen molar-refractivity contribution in [2.24, 2.45) is 5.92 Å². The van der Waals surface area contributed by atoms with Gasteiger partial charge >= 0.3 is 0 Å². The van der Waals surface area contributed by atoms with Gasteiger partial charge in [-0.25, -0.2) is 0 Å². The Morgan fingerprint density at radius 2 is 1.82 bits per heavy atom. The summed E-state index contributed by atoms with van der Waals surface area (Å²) >= 11 is 0. The normalized spacial score (nSPS) is 30.8. The molecule has 1 aliphatic rings. The fraction of sp³-hybridized carbons (Fsp3) is 1.00. The molecule has 66 valence electrons. The van der Waals surface area contributed by atoms with Crippen molar-refractivity contribution in [3.8, 4) is 0 Å². The van der Waals surface area contributed by atoms with Gasteiger partial charge in [-0.15, -0.1) is 0 Å². The molecule has 0 radical (unpaired) electrons. The van der Waals surface area contributed by atoms with Gasteiger partial charge in [-0.2, -0.15) is 0 Å². The number of quaternary nitrogens is 1. The molecule has 0 aromatic carbocycles. The summed E-state index contributed by atoms with van der Waals surface area (Å²) in [7, 11) is 4.76. The molecule has 1 heterocycles. The molecule has 0 aromatic rings. The highest BCUT2D eigenvalue weighted by atomic mass is 15.3. The summed E-state index contributed by atoms with van der Waals surface area (Å²) in [5.74, 6) is 0.852. The number of nitrogens with zero attached hydrogens (tertiary/aromatic N) is 1. The van der Waals surface area contributed by atoms with Crippen LogP contribution in [0.1, 0.15) is 33.1 Å². The Balaban J connectivity index is 2.60. The van der Waals surface area contributed by atoms with Crippen LogP contribution in [0.5, 0.6) is 0 Å². The smallest absolute Gasteiger partial charge is 0.0909 e. The SMILES string of the molecule is CC(C)C1CCCC[N+]1(C)C. The zero-order chi connectivity index (χ0) is 8.48. The van der Waals surface area contributed by atoms with E-state index in [2.05, 4.69) is 27.9 Å². The van der Waals surface area contributed by atoms with Crippen molar-refractivity contribution < 1.29 is 4.48 Å². The van der Waals surface area contributed by atoms with Crippen molar-refractivity contribution in [1.82, 2.24) is 0 Å². The number of hydrogen-bond acceptors (Lipinski definition) is 0. The predicted octanol–water partition coefficient (Wildman–Crippen LogP) is 2.27. The molecule has 0 bridgehead atoms. The molecular formula is C10H22N+. The van der Waals surface area contributed by atoms with Gasteiger partial charge in [0.1, 0.15) is 0 Å². The molecule has 1 fully saturated rings. The maximum absolute atomic E-state index is 2.38. The van der Waals surface area contributed by atoms with Gasteiger partial charge in [0.05, 0.1) is 26.7 Å². The lowest BCUT2D eigenvalue weighted by atomic mass is 9.91. The van der Waals surface area contributed by atoms with E-state index in [0.717, 1.165) is 12.0 Å². The monoisotopic (exact) mass is 156 g/mol. The Morgan fingerprint density at radius 1 is 1.18 bits per heavy atom. The Bertz CT molecular complexity index is 127. The molecule has 1 aliphatic heterocycles. The third-order valence-corrected chi connectivity index (χ3v) is 3.15. The van der Waals surface area contributed by atoms with Gasteiger partial charge < -0.3 is 4.48 Å². The summed E-state index contributed by atoms with van der Waals surface area (Å²) in [6.45, 7) is 6.09. The molecule has 0 aromatic heterocycles. The molecule has 0 N–H and O–H groups in total. The molecular weight excluding hydrogens is 134 g/mol. The van der Waals surface area contributed by atoms with Gasteiger partial charge in [0, 0.05) is 5.92 Å². The molecule has 1 atom stereocenters. The van der Waals surface area contributed by atoms with Crippen LogP contribution in [0.25, 0.3) is 0 Å². The first-order chi connectivity index (χ1) is 5.04. The lowest BCUT2D eigenvalue weighted by Gasteiger charge is -2.43. The van der Waals surface area contributed by atoms with Crippen LogP contribution in [0.2, 0.25) is 0 Å². The molecule has 1 unspecified atom stereocenters. The molecule has 0 saturated carbocycles. The van der Waals surface area contributed by atoms with E-state index >= 15 is 0 Å². The van der Waals surface area contributed by atoms with E-state index in [-0.39, 0.29) is 0 Å². The van der Waals surface area contributed by atoms with Crippen LogP contribution < -0.4 is 0 Å². The van der Waals surface area contributed by atoms with E-state index in [9.17, 15) is 0 Å². The number of piperidine rings is 1. The molecule has 1 rings (SSSR count). The summed E-state index contributed by atoms with van der Waals surface area (Å²) in [4.78, 5) is 0. The van der Waals surface area contributed by atoms with Crippen molar-refractivity contribution in [2.75, 3.05) is 20.6 Å². The highest BCUT2D eigenvalue weighted by molar-refractivity contribution is 4.67. The van der Waals surface area contributed by atoms with E-state index < -0.39 is 0 Å². The number of likely N-dealkylation sites (tertiary alicyclic amines) is 1. The average molecular weight is 156 g/mol. The fourth-order valence-corrected chi connectivity index (χ4v) is 2.53. The second-order valence-electron chi connectivity index (χ2n) is 4.81. The van der Waals surface area contributed by atoms with Gasteiger partial charge in [0.2, 0.25) is 0 Å². The summed E-state index contributed by atoms with van der Waals surface area (Å²) in [5.41, 5.74) is 0. The average Bonchev–Trinajstić information content (AvgIpc) is 1.85. The zero-order valence-electron chi connectivity index (χ0n) is 8.43. The molecule has 1 nitrogen and oxygen atoms in total. The topological polar surface area (TPSA) is 0 Å². The van der Waals surface area contributed by atoms with Crippen LogP contribution in [0.3, 0.4) is 0 Å². The largest absolute Gasteiger partial charge is 0.326 e. The Hall–Kier alpha value is -0.0400. The van der Waals surface area contributed by atoms with Gasteiger partial charge in [0.15, 0.2) is 0 Å². The predicted molar refractivity (Wildman–Crippen MR) is 49.5 cm³/mol. The maximum Gasteiger partial charge on any atom is 0.0909 e. The van der Waals surface area contributed by atoms with Crippen LogP contribution in [0.15, 0.2) is 0 Å². The third-order valence-electron chi connectivity index (χ3n) is 3.15. The van der Waals surface area contributed by atoms with Crippen LogP contribution in [0.4, 0.5) is 0 Å². The Morgan fingerprint density at radius 3 is 2.18 bits per heavy atom. The minimum Gasteiger partial charge on any atom is -0.326 e. The van der Waals surface area contributed by atoms with Gasteiger partial charge in [-0.1, -0.05) is 13.8 Å². The summed E-state index contributed by atoms with van der Waals surface area (Å²) in [5, 5.41) is 0. The first kappa shape index (κ1) is 9.05. The molecule has 11 heavy (non-hydrogen) atoms. The van der Waals surface area contributed by atoms with E-state index in [0.29, 0.717) is 0 Å². The van der Waals surface area contributed by atoms with Crippen LogP contribution in [-0.4, -0.2) is 31.2 Å². The Kier molecular flexibility index (Phi) is 2.58. The molecule has 0 aliphatic carbocycles. The quantitative estimate of drug-likeness (QED) is 0.511. The van der Waals surface area contributed by atoms with E-state index in [1.54, 1.807) is 0 Å². The standard InChI is InChI=1S/C10H22N/c1-9(2)10-7-5-6-8-11(10,3)4/h9-10H,5-8H2,1-4H3/q+1. The van der Waals surface area contributed by atoms with Crippen LogP contribution >= 0.6 is 0 Å². The third kappa shape index (κ3) is 1.96. The van der Waals surface area contributed by atoms with Crippen LogP contribution in [0, 0.1) is 5.92 Å². The van der Waals surface area contributed by atoms with Crippen molar-refractivity contribution >= 4 is 0 Å². The first-order valence-corrected chi connectivity index (χ1v) is 4.87. The van der Waals surface area contributed by atoms with Crippen molar-refractivity contribution in [3.05, 3.63) is 0 Å². The van der Waals surface area contributed by atoms with Crippen LogP contribution in [-0.2, 0) is 0 Å². The first-order valence-electron chi connectivity index (χ1n) is 4.87. The maximum atomic E-state index is 2.38. The van der Waals surface area contributed by atoms with E-state index in [1.165, 1.54) is 30.3 Å². The van der Waals surface area contributed by atoms with E-state index in [4.69, 9.17) is 0 Å². The highest BCUT2D eigenvalue weighted by Gasteiger charge is 2.33. The summed E-state index contributed by atoms with van der Waals surface area (Å²) in [6.07, 6.45) is 4.31. The molecule has 0 spiro atoms. The minimum absolute atomic E-state index is 0.852. The molecule has 1 heteroatoms. The summed E-state index contributed by atoms with van der Waals surface area (Å²) in [6, 6.07) is 0.906. The Labute approximate surface area is 71.0 Å². The lowest BCUT2D eigenvalue weighted by molar-refractivity contribution is -0.923. The van der Waals surface area contributed by atoms with E-state index in [1.807, 2.05) is 0 Å². The minimum atomic E-state index is 0.852. The highest BCUT2D eigenvalue weighted by Crippen LogP contribution is 2.26. The molecule has 1 saturated heterocycles. The van der Waals surface area contributed by atoms with Crippen molar-refractivity contribution in [1.29, 1.82) is 0 Å². The number of hydrogen-bond donors (Lipinski definition) is 0. The second kappa shape index (κ2) is 3.14. The van der Waals surface area contributed by atoms with Gasteiger partial charge in [-0.05, 0) is 19.3 Å². The number of rotatable bonds is 1. The van der Waals surface area contributed by atoms with Gasteiger partial charge in [-0.3, -0.25) is 0 Å². The second-order valence-corrected chi connectivity index (χ2v) is 4.81. The van der Waals surface area contributed by atoms with Gasteiger partial charge in [0.25, 0.3) is 0 Å². The zero-order valence-corrected chi connectivity index (χ0v) is 8.43. The fourth-order valence-electron chi connectivity index (χ4n) is 2.53. The molecule has 0 amide bonds. The summed E-state index contributed by atoms with van der Waals surface area (Å²) < 4.78 is 1.25. The lowest BCUT2D eigenvalue weighted by Crippen LogP contribution is -2.54. The van der Waals surface area contributed by atoms with Crippen molar-refractivity contribution in [3.63, 3.8) is 0 Å².